The number of hydrogen-bond acceptors (Lipinski definition) is 5. The Kier molecular flexibility index (Phi) is 5.58. The van der Waals surface area contributed by atoms with E-state index in [2.05, 4.69) is 4.98 Å². The quantitative estimate of drug-likeness (QED) is 0.452. The van der Waals surface area contributed by atoms with E-state index in [1.165, 1.54) is 24.3 Å². The molecule has 2 heterocycles. The molecule has 31 heavy (non-hydrogen) atoms. The Bertz CT molecular complexity index is 1230. The summed E-state index contributed by atoms with van der Waals surface area (Å²) in [5.74, 6) is -0.357. The smallest absolute Gasteiger partial charge is 0.340 e. The minimum Gasteiger partial charge on any atom is -0.507 e. The zero-order valence-corrected chi connectivity index (χ0v) is 17.1. The molecule has 4 rings (SSSR count). The zero-order chi connectivity index (χ0) is 22.0. The van der Waals surface area contributed by atoms with Gasteiger partial charge in [0.2, 0.25) is 0 Å². The first kappa shape index (κ1) is 20.4. The van der Waals surface area contributed by atoms with Crippen molar-refractivity contribution in [2.24, 2.45) is 7.05 Å². The van der Waals surface area contributed by atoms with Gasteiger partial charge in [-0.2, -0.15) is 0 Å². The molecule has 158 valence electrons. The molecule has 0 fully saturated rings. The molecule has 0 aliphatic heterocycles. The van der Waals surface area contributed by atoms with Crippen LogP contribution in [0.5, 0.6) is 11.5 Å². The average Bonchev–Trinajstić information content (AvgIpc) is 3.04. The van der Waals surface area contributed by atoms with E-state index in [0.29, 0.717) is 28.0 Å². The lowest BCUT2D eigenvalue weighted by molar-refractivity contribution is 0.0525. The van der Waals surface area contributed by atoms with Crippen LogP contribution in [0, 0.1) is 5.82 Å². The predicted molar refractivity (Wildman–Crippen MR) is 115 cm³/mol. The van der Waals surface area contributed by atoms with Crippen LogP contribution in [0.3, 0.4) is 0 Å². The molecule has 0 atom stereocenters. The Morgan fingerprint density at radius 3 is 2.65 bits per heavy atom. The molecule has 0 amide bonds. The highest BCUT2D eigenvalue weighted by molar-refractivity contribution is 6.07. The van der Waals surface area contributed by atoms with Crippen LogP contribution in [0.15, 0.2) is 60.9 Å². The number of nitrogens with zero attached hydrogens (tertiary/aromatic N) is 2. The standard InChI is InChI=1S/C24H21FN2O4/c1-3-30-24(29)23-19-12-22(28)18(15-5-4-10-26-13-15)11-20(19)27(2)21(23)14-31-17-8-6-16(25)7-9-17/h4-13,28H,3,14H2,1-2H3. The minimum atomic E-state index is -0.501. The molecular weight excluding hydrogens is 399 g/mol. The number of halogens is 1. The lowest BCUT2D eigenvalue weighted by Gasteiger charge is -2.10. The van der Waals surface area contributed by atoms with Gasteiger partial charge in [-0.25, -0.2) is 9.18 Å². The summed E-state index contributed by atoms with van der Waals surface area (Å²) in [6, 6.07) is 12.7. The van der Waals surface area contributed by atoms with Gasteiger partial charge in [0.25, 0.3) is 0 Å². The molecule has 0 unspecified atom stereocenters. The fourth-order valence-corrected chi connectivity index (χ4v) is 3.56. The van der Waals surface area contributed by atoms with E-state index < -0.39 is 5.97 Å². The third-order valence-corrected chi connectivity index (χ3v) is 5.08. The van der Waals surface area contributed by atoms with Gasteiger partial charge in [-0.1, -0.05) is 6.07 Å². The van der Waals surface area contributed by atoms with Gasteiger partial charge in [0.05, 0.1) is 17.9 Å². The molecule has 0 spiro atoms. The Labute approximate surface area is 178 Å². The third kappa shape index (κ3) is 3.94. The molecule has 0 aliphatic carbocycles. The molecule has 4 aromatic rings. The molecule has 2 aromatic carbocycles. The highest BCUT2D eigenvalue weighted by Gasteiger charge is 2.24. The number of esters is 1. The Morgan fingerprint density at radius 1 is 1.19 bits per heavy atom. The van der Waals surface area contributed by atoms with Crippen LogP contribution in [-0.4, -0.2) is 27.2 Å². The van der Waals surface area contributed by atoms with Crippen molar-refractivity contribution in [3.8, 4) is 22.6 Å². The maximum absolute atomic E-state index is 13.2. The number of fused-ring (bicyclic) bond motifs is 1. The topological polar surface area (TPSA) is 73.6 Å². The van der Waals surface area contributed by atoms with Crippen molar-refractivity contribution in [2.75, 3.05) is 6.61 Å². The average molecular weight is 420 g/mol. The second kappa shape index (κ2) is 8.47. The monoisotopic (exact) mass is 420 g/mol. The number of aryl methyl sites for hydroxylation is 1. The van der Waals surface area contributed by atoms with E-state index in [0.717, 1.165) is 11.1 Å². The number of pyridine rings is 1. The van der Waals surface area contributed by atoms with E-state index in [-0.39, 0.29) is 24.8 Å². The lowest BCUT2D eigenvalue weighted by atomic mass is 10.0. The summed E-state index contributed by atoms with van der Waals surface area (Å²) < 4.78 is 26.1. The second-order valence-electron chi connectivity index (χ2n) is 6.97. The van der Waals surface area contributed by atoms with E-state index in [1.807, 2.05) is 23.7 Å². The molecule has 7 heteroatoms. The van der Waals surface area contributed by atoms with Crippen LogP contribution in [-0.2, 0) is 18.4 Å². The highest BCUT2D eigenvalue weighted by atomic mass is 19.1. The van der Waals surface area contributed by atoms with E-state index >= 15 is 0 Å². The van der Waals surface area contributed by atoms with Crippen molar-refractivity contribution in [3.05, 3.63) is 78.0 Å². The first-order chi connectivity index (χ1) is 15.0. The van der Waals surface area contributed by atoms with Crippen LogP contribution in [0.4, 0.5) is 4.39 Å². The normalized spacial score (nSPS) is 10.9. The molecule has 0 aliphatic rings. The maximum atomic E-state index is 13.2. The summed E-state index contributed by atoms with van der Waals surface area (Å²) in [6.07, 6.45) is 3.32. The summed E-state index contributed by atoms with van der Waals surface area (Å²) >= 11 is 0. The summed E-state index contributed by atoms with van der Waals surface area (Å²) in [5, 5.41) is 11.2. The number of phenols is 1. The van der Waals surface area contributed by atoms with Crippen LogP contribution in [0.2, 0.25) is 0 Å². The fourth-order valence-electron chi connectivity index (χ4n) is 3.56. The SMILES string of the molecule is CCOC(=O)c1c(COc2ccc(F)cc2)n(C)c2cc(-c3cccnc3)c(O)cc12. The van der Waals surface area contributed by atoms with Gasteiger partial charge in [0.15, 0.2) is 0 Å². The van der Waals surface area contributed by atoms with Gasteiger partial charge in [0, 0.05) is 41.5 Å². The van der Waals surface area contributed by atoms with Gasteiger partial charge in [-0.15, -0.1) is 0 Å². The number of rotatable bonds is 6. The molecule has 0 saturated carbocycles. The Hall–Kier alpha value is -3.87. The largest absolute Gasteiger partial charge is 0.507 e. The molecule has 0 bridgehead atoms. The second-order valence-corrected chi connectivity index (χ2v) is 6.97. The van der Waals surface area contributed by atoms with Crippen LogP contribution < -0.4 is 4.74 Å². The van der Waals surface area contributed by atoms with Crippen molar-refractivity contribution >= 4 is 16.9 Å². The summed E-state index contributed by atoms with van der Waals surface area (Å²) in [7, 11) is 1.82. The number of aromatic hydroxyl groups is 1. The summed E-state index contributed by atoms with van der Waals surface area (Å²) in [5.41, 5.74) is 3.00. The summed E-state index contributed by atoms with van der Waals surface area (Å²) in [6.45, 7) is 2.01. The van der Waals surface area contributed by atoms with Crippen LogP contribution in [0.1, 0.15) is 23.0 Å². The molecule has 0 radical (unpaired) electrons. The first-order valence-corrected chi connectivity index (χ1v) is 9.79. The number of aromatic nitrogens is 2. The molecule has 0 saturated heterocycles. The van der Waals surface area contributed by atoms with Crippen molar-refractivity contribution < 1.29 is 23.8 Å². The molecule has 2 aromatic heterocycles. The number of carbonyl (C=O) groups is 1. The molecule has 1 N–H and O–H groups in total. The van der Waals surface area contributed by atoms with Gasteiger partial charge >= 0.3 is 5.97 Å². The van der Waals surface area contributed by atoms with Gasteiger partial charge in [0.1, 0.15) is 23.9 Å². The number of carbonyl (C=O) groups excluding carboxylic acids is 1. The zero-order valence-electron chi connectivity index (χ0n) is 17.1. The molecule has 6 nitrogen and oxygen atoms in total. The third-order valence-electron chi connectivity index (χ3n) is 5.08. The van der Waals surface area contributed by atoms with Crippen molar-refractivity contribution in [3.63, 3.8) is 0 Å². The van der Waals surface area contributed by atoms with E-state index in [4.69, 9.17) is 9.47 Å². The lowest BCUT2D eigenvalue weighted by Crippen LogP contribution is -2.11. The number of ether oxygens (including phenoxy) is 2. The number of benzene rings is 2. The van der Waals surface area contributed by atoms with Crippen LogP contribution >= 0.6 is 0 Å². The minimum absolute atomic E-state index is 0.0302. The summed E-state index contributed by atoms with van der Waals surface area (Å²) in [4.78, 5) is 16.9. The van der Waals surface area contributed by atoms with Gasteiger partial charge in [-0.3, -0.25) is 4.98 Å². The van der Waals surface area contributed by atoms with Crippen molar-refractivity contribution in [1.29, 1.82) is 0 Å². The van der Waals surface area contributed by atoms with E-state index in [1.54, 1.807) is 31.5 Å². The number of hydrogen-bond donors (Lipinski definition) is 1. The Morgan fingerprint density at radius 2 is 1.97 bits per heavy atom. The maximum Gasteiger partial charge on any atom is 0.340 e. The van der Waals surface area contributed by atoms with Gasteiger partial charge in [-0.05, 0) is 49.4 Å². The highest BCUT2D eigenvalue weighted by Crippen LogP contribution is 2.37. The van der Waals surface area contributed by atoms with E-state index in [9.17, 15) is 14.3 Å². The van der Waals surface area contributed by atoms with Crippen molar-refractivity contribution in [1.82, 2.24) is 9.55 Å². The van der Waals surface area contributed by atoms with Crippen LogP contribution in [0.25, 0.3) is 22.0 Å². The number of phenolic OH excluding ortho intramolecular Hbond substituents is 1. The Balaban J connectivity index is 1.83. The van der Waals surface area contributed by atoms with Crippen molar-refractivity contribution in [2.45, 2.75) is 13.5 Å². The first-order valence-electron chi connectivity index (χ1n) is 9.79. The molecular formula is C24H21FN2O4. The fraction of sp³-hybridized carbons (Fsp3) is 0.167. The van der Waals surface area contributed by atoms with Gasteiger partial charge < -0.3 is 19.1 Å². The predicted octanol–water partition coefficient (Wildman–Crippen LogP) is 4.84.